The highest BCUT2D eigenvalue weighted by molar-refractivity contribution is 6.20. The molecule has 3 rings (SSSR count). The zero-order valence-electron chi connectivity index (χ0n) is 38.4. The van der Waals surface area contributed by atoms with E-state index in [4.69, 9.17) is 18.9 Å². The van der Waals surface area contributed by atoms with E-state index in [2.05, 4.69) is 10.6 Å². The second kappa shape index (κ2) is 20.1. The third kappa shape index (κ3) is 14.3. The number of aliphatic hydroxyl groups is 3. The van der Waals surface area contributed by atoms with Crippen LogP contribution in [0, 0.1) is 16.2 Å². The van der Waals surface area contributed by atoms with E-state index >= 15 is 0 Å². The Hall–Kier alpha value is -3.93. The fourth-order valence-electron chi connectivity index (χ4n) is 6.95. The number of carboxylic acids is 1. The molecule has 6 N–H and O–H groups in total. The summed E-state index contributed by atoms with van der Waals surface area (Å²) < 4.78 is 23.3. The molecule has 2 aliphatic heterocycles. The number of carbonyl (C=O) groups excluding carboxylic acids is 4. The summed E-state index contributed by atoms with van der Waals surface area (Å²) in [5.74, 6) is -2.85. The molecule has 0 radical (unpaired) electrons. The van der Waals surface area contributed by atoms with Crippen molar-refractivity contribution in [3.8, 4) is 5.75 Å². The number of nitrogens with zero attached hydrogens (tertiary/aromatic N) is 1. The predicted octanol–water partition coefficient (Wildman–Crippen LogP) is 4.51. The first-order valence-electron chi connectivity index (χ1n) is 21.1. The Labute approximate surface area is 360 Å². The molecule has 0 spiro atoms. The highest BCUT2D eigenvalue weighted by atomic mass is 16.7. The number of anilines is 1. The summed E-state index contributed by atoms with van der Waals surface area (Å²) in [6, 6.07) is 4.94. The second-order valence-corrected chi connectivity index (χ2v) is 20.2. The Kier molecular flexibility index (Phi) is 16.9. The molecule has 16 heteroatoms. The number of ether oxygens (including phenoxy) is 4. The fourth-order valence-corrected chi connectivity index (χ4v) is 6.95. The molecule has 16 nitrogen and oxygen atoms in total. The maximum absolute atomic E-state index is 13.6. The van der Waals surface area contributed by atoms with Crippen LogP contribution in [0.15, 0.2) is 29.3 Å². The van der Waals surface area contributed by atoms with Crippen LogP contribution >= 0.6 is 0 Å². The molecule has 0 aromatic heterocycles. The molecule has 4 amide bonds. The highest BCUT2D eigenvalue weighted by Crippen LogP contribution is 2.44. The van der Waals surface area contributed by atoms with Crippen LogP contribution in [0.25, 0.3) is 0 Å². The van der Waals surface area contributed by atoms with Crippen LogP contribution in [0.4, 0.5) is 5.69 Å². The van der Waals surface area contributed by atoms with Gasteiger partial charge >= 0.3 is 5.97 Å². The van der Waals surface area contributed by atoms with Gasteiger partial charge in [0.15, 0.2) is 6.10 Å². The van der Waals surface area contributed by atoms with Gasteiger partial charge in [-0.15, -0.1) is 0 Å². The molecule has 1 saturated heterocycles. The van der Waals surface area contributed by atoms with Crippen molar-refractivity contribution in [2.24, 2.45) is 16.2 Å². The zero-order valence-corrected chi connectivity index (χ0v) is 38.4. The highest BCUT2D eigenvalue weighted by Gasteiger charge is 2.49. The number of nitrogens with one attached hydrogen (secondary N) is 2. The maximum atomic E-state index is 13.6. The molecule has 0 bridgehead atoms. The number of rotatable bonds is 20. The van der Waals surface area contributed by atoms with Crippen molar-refractivity contribution in [2.75, 3.05) is 31.6 Å². The first kappa shape index (κ1) is 51.4. The Bertz CT molecular complexity index is 1790. The van der Waals surface area contributed by atoms with Gasteiger partial charge in [-0.3, -0.25) is 24.1 Å². The number of aliphatic hydroxyl groups excluding tert-OH is 3. The Balaban J connectivity index is 1.50. The van der Waals surface area contributed by atoms with Crippen molar-refractivity contribution >= 4 is 35.3 Å². The minimum atomic E-state index is -1.90. The standard InChI is InChI=1S/C45H71N3O13/c1-14-43(8,9)32-31(42(5,6)7)37(54)48(38(32)55)21-19-44(10,11)59-25-45(12,13)58-22-18-29(49)46-20-17-30(50)47-27-23-26(24-41(2,3)4)15-16-28(27)60-40-35(53)33(51)34(52)36(61-40)39(56)57/h15-16,23,33-36,40,51-53H,14,17-22,24-25H2,1-13H3,(H,46,49)(H,47,50)(H,56,57)/t33-,34-,35+,36-,40+/m0/s1. The van der Waals surface area contributed by atoms with E-state index in [1.807, 2.05) is 90.0 Å². The molecule has 1 aromatic carbocycles. The van der Waals surface area contributed by atoms with E-state index < -0.39 is 64.6 Å². The average Bonchev–Trinajstić information content (AvgIpc) is 3.40. The number of carbonyl (C=O) groups is 5. The van der Waals surface area contributed by atoms with Gasteiger partial charge in [0.1, 0.15) is 24.1 Å². The van der Waals surface area contributed by atoms with Crippen molar-refractivity contribution in [2.45, 2.75) is 164 Å². The Morgan fingerprint density at radius 1 is 0.803 bits per heavy atom. The van der Waals surface area contributed by atoms with E-state index in [1.165, 1.54) is 11.0 Å². The SMILES string of the molecule is CCC(C)(C)C1=C(C(C)(C)C)C(=O)N(CCC(C)(C)OCC(C)(C)OCCC(=O)NCCC(=O)Nc2cc(CC(C)(C)C)ccc2O[C@@H]2O[C@H](C(=O)O)[C@@H](O)[C@H](O)[C@H]2O)C1=O. The van der Waals surface area contributed by atoms with Gasteiger partial charge in [0.05, 0.1) is 30.1 Å². The first-order valence-corrected chi connectivity index (χ1v) is 21.1. The van der Waals surface area contributed by atoms with Gasteiger partial charge in [-0.2, -0.15) is 0 Å². The number of amides is 4. The monoisotopic (exact) mass is 861 g/mol. The number of imide groups is 1. The molecule has 0 aliphatic carbocycles. The molecule has 344 valence electrons. The van der Waals surface area contributed by atoms with Crippen LogP contribution in [-0.2, 0) is 44.6 Å². The van der Waals surface area contributed by atoms with E-state index in [0.29, 0.717) is 24.0 Å². The van der Waals surface area contributed by atoms with Crippen molar-refractivity contribution in [1.82, 2.24) is 10.2 Å². The molecular formula is C45H71N3O13. The Morgan fingerprint density at radius 2 is 1.43 bits per heavy atom. The quantitative estimate of drug-likeness (QED) is 0.0993. The third-order valence-electron chi connectivity index (χ3n) is 10.8. The predicted molar refractivity (Wildman–Crippen MR) is 227 cm³/mol. The van der Waals surface area contributed by atoms with Crippen molar-refractivity contribution in [3.05, 3.63) is 34.9 Å². The summed E-state index contributed by atoms with van der Waals surface area (Å²) in [5, 5.41) is 45.7. The molecule has 0 unspecified atom stereocenters. The molecular weight excluding hydrogens is 791 g/mol. The lowest BCUT2D eigenvalue weighted by atomic mass is 9.74. The number of benzene rings is 1. The molecule has 1 fully saturated rings. The number of hydrogen-bond acceptors (Lipinski definition) is 12. The smallest absolute Gasteiger partial charge is 0.335 e. The van der Waals surface area contributed by atoms with Crippen LogP contribution in [0.5, 0.6) is 5.75 Å². The van der Waals surface area contributed by atoms with Gasteiger partial charge < -0.3 is 50.0 Å². The van der Waals surface area contributed by atoms with Gasteiger partial charge in [-0.05, 0) is 80.9 Å². The number of aliphatic carboxylic acids is 1. The van der Waals surface area contributed by atoms with E-state index in [9.17, 15) is 44.4 Å². The molecule has 2 heterocycles. The van der Waals surface area contributed by atoms with Gasteiger partial charge in [0.25, 0.3) is 11.8 Å². The first-order chi connectivity index (χ1) is 27.9. The number of hydrogen-bond donors (Lipinski definition) is 6. The maximum Gasteiger partial charge on any atom is 0.335 e. The van der Waals surface area contributed by atoms with Crippen LogP contribution in [0.2, 0.25) is 0 Å². The summed E-state index contributed by atoms with van der Waals surface area (Å²) in [6.07, 6.45) is -7.46. The lowest BCUT2D eigenvalue weighted by Gasteiger charge is -2.38. The average molecular weight is 862 g/mol. The van der Waals surface area contributed by atoms with E-state index in [0.717, 1.165) is 12.0 Å². The largest absolute Gasteiger partial charge is 0.479 e. The lowest BCUT2D eigenvalue weighted by molar-refractivity contribution is -0.271. The van der Waals surface area contributed by atoms with Crippen molar-refractivity contribution in [1.29, 1.82) is 0 Å². The van der Waals surface area contributed by atoms with Crippen molar-refractivity contribution < 1.29 is 63.3 Å². The topological polar surface area (TPSA) is 230 Å². The summed E-state index contributed by atoms with van der Waals surface area (Å²) in [6.45, 7) is 25.9. The van der Waals surface area contributed by atoms with Crippen molar-refractivity contribution in [3.63, 3.8) is 0 Å². The summed E-state index contributed by atoms with van der Waals surface area (Å²) in [5.41, 5.74) is -0.333. The van der Waals surface area contributed by atoms with Crippen LogP contribution < -0.4 is 15.4 Å². The Morgan fingerprint density at radius 3 is 2.00 bits per heavy atom. The summed E-state index contributed by atoms with van der Waals surface area (Å²) in [7, 11) is 0. The molecule has 61 heavy (non-hydrogen) atoms. The van der Waals surface area contributed by atoms with Crippen LogP contribution in [-0.4, -0.2) is 123 Å². The van der Waals surface area contributed by atoms with Gasteiger partial charge in [0.2, 0.25) is 18.1 Å². The summed E-state index contributed by atoms with van der Waals surface area (Å²) >= 11 is 0. The van der Waals surface area contributed by atoms with E-state index in [1.54, 1.807) is 12.1 Å². The fraction of sp³-hybridized carbons (Fsp3) is 0.711. The molecule has 1 aromatic rings. The normalized spacial score (nSPS) is 21.8. The van der Waals surface area contributed by atoms with Crippen LogP contribution in [0.3, 0.4) is 0 Å². The van der Waals surface area contributed by atoms with E-state index in [-0.39, 0.29) is 73.7 Å². The van der Waals surface area contributed by atoms with Crippen LogP contribution in [0.1, 0.15) is 121 Å². The molecule has 5 atom stereocenters. The minimum absolute atomic E-state index is 0.00424. The van der Waals surface area contributed by atoms with Gasteiger partial charge in [0, 0.05) is 37.1 Å². The molecule has 2 aliphatic rings. The third-order valence-corrected chi connectivity index (χ3v) is 10.8. The summed E-state index contributed by atoms with van der Waals surface area (Å²) in [4.78, 5) is 65.9. The van der Waals surface area contributed by atoms with Gasteiger partial charge in [-0.25, -0.2) is 4.79 Å². The zero-order chi connectivity index (χ0) is 46.5. The lowest BCUT2D eigenvalue weighted by Crippen LogP contribution is -2.61. The number of carboxylic acid groups (broad SMARTS) is 1. The van der Waals surface area contributed by atoms with Gasteiger partial charge in [-0.1, -0.05) is 68.4 Å². The molecule has 0 saturated carbocycles. The second-order valence-electron chi connectivity index (χ2n) is 20.2. The minimum Gasteiger partial charge on any atom is -0.479 e.